The summed E-state index contributed by atoms with van der Waals surface area (Å²) in [6.07, 6.45) is 11.9. The van der Waals surface area contributed by atoms with E-state index in [-0.39, 0.29) is 23.8 Å². The molecule has 1 aliphatic heterocycles. The Morgan fingerprint density at radius 1 is 1.46 bits per heavy atom. The first kappa shape index (κ1) is 18.1. The quantitative estimate of drug-likeness (QED) is 0.667. The van der Waals surface area contributed by atoms with E-state index < -0.39 is 0 Å². The average molecular weight is 327 g/mol. The molecule has 0 amide bonds. The number of rotatable bonds is 5. The minimum atomic E-state index is -0.388. The molecule has 0 aromatic carbocycles. The predicted octanol–water partition coefficient (Wildman–Crippen LogP) is 2.70. The van der Waals surface area contributed by atoms with Crippen molar-refractivity contribution in [2.75, 3.05) is 5.73 Å². The highest BCUT2D eigenvalue weighted by Crippen LogP contribution is 2.33. The van der Waals surface area contributed by atoms with Crippen LogP contribution in [-0.2, 0) is 4.74 Å². The molecule has 1 aromatic heterocycles. The normalized spacial score (nSPS) is 22.6. The summed E-state index contributed by atoms with van der Waals surface area (Å²) >= 11 is 0. The molecule has 128 valence electrons. The van der Waals surface area contributed by atoms with Gasteiger partial charge in [-0.25, -0.2) is 4.79 Å². The summed E-state index contributed by atoms with van der Waals surface area (Å²) in [5.41, 5.74) is 6.02. The molecule has 1 aliphatic rings. The number of nitrogen functional groups attached to an aromatic ring is 1. The lowest BCUT2D eigenvalue weighted by Gasteiger charge is -2.15. The van der Waals surface area contributed by atoms with Gasteiger partial charge >= 0.3 is 5.69 Å². The fourth-order valence-corrected chi connectivity index (χ4v) is 2.92. The smallest absolute Gasteiger partial charge is 0.351 e. The second-order valence-corrected chi connectivity index (χ2v) is 6.19. The molecule has 3 atom stereocenters. The van der Waals surface area contributed by atoms with Crippen LogP contribution in [0.2, 0.25) is 0 Å². The van der Waals surface area contributed by atoms with Crippen LogP contribution in [0.3, 0.4) is 0 Å². The van der Waals surface area contributed by atoms with Crippen LogP contribution in [-0.4, -0.2) is 15.7 Å². The average Bonchev–Trinajstić information content (AvgIpc) is 2.93. The summed E-state index contributed by atoms with van der Waals surface area (Å²) in [4.78, 5) is 16.1. The molecular weight excluding hydrogens is 302 g/mol. The summed E-state index contributed by atoms with van der Waals surface area (Å²) in [6.45, 7) is 4.23. The Morgan fingerprint density at radius 3 is 2.88 bits per heavy atom. The molecule has 1 saturated heterocycles. The monoisotopic (exact) mass is 327 g/mol. The van der Waals surface area contributed by atoms with E-state index in [9.17, 15) is 4.79 Å². The first-order valence-corrected chi connectivity index (χ1v) is 8.53. The van der Waals surface area contributed by atoms with Gasteiger partial charge in [0.1, 0.15) is 12.0 Å². The van der Waals surface area contributed by atoms with Gasteiger partial charge in [-0.2, -0.15) is 4.98 Å². The van der Waals surface area contributed by atoms with Gasteiger partial charge in [-0.15, -0.1) is 12.3 Å². The minimum Gasteiger partial charge on any atom is -0.382 e. The maximum Gasteiger partial charge on any atom is 0.351 e. The Bertz CT molecular complexity index is 721. The van der Waals surface area contributed by atoms with Crippen LogP contribution < -0.4 is 11.4 Å². The van der Waals surface area contributed by atoms with Crippen molar-refractivity contribution in [2.45, 2.75) is 64.7 Å². The van der Waals surface area contributed by atoms with Gasteiger partial charge in [0.05, 0.1) is 11.7 Å². The van der Waals surface area contributed by atoms with E-state index >= 15 is 0 Å². The molecule has 1 fully saturated rings. The fraction of sp³-hybridized carbons (Fsp3) is 0.579. The van der Waals surface area contributed by atoms with Crippen molar-refractivity contribution in [3.05, 3.63) is 22.2 Å². The molecule has 0 spiro atoms. The van der Waals surface area contributed by atoms with Crippen molar-refractivity contribution in [3.63, 3.8) is 0 Å². The standard InChI is InChI=1S/C19H25N3O2/c1-4-6-7-8-9-10-11-15-13-22(19(23)21-18(15)20)17-12-14(3)16(5-2)24-17/h1,13-14,16-17H,5-9,12H2,2-3H3,(H2,20,21,23)/t14?,16-,17-/m1/s1. The van der Waals surface area contributed by atoms with Gasteiger partial charge < -0.3 is 10.5 Å². The lowest BCUT2D eigenvalue weighted by atomic mass is 10.0. The Morgan fingerprint density at radius 2 is 2.21 bits per heavy atom. The van der Waals surface area contributed by atoms with Gasteiger partial charge in [-0.05, 0) is 31.6 Å². The number of nitrogens with two attached hydrogens (primary N) is 1. The highest BCUT2D eigenvalue weighted by molar-refractivity contribution is 5.48. The second kappa shape index (κ2) is 8.57. The Hall–Kier alpha value is -2.24. The zero-order chi connectivity index (χ0) is 17.5. The van der Waals surface area contributed by atoms with Crippen molar-refractivity contribution in [2.24, 2.45) is 5.92 Å². The highest BCUT2D eigenvalue weighted by Gasteiger charge is 2.32. The predicted molar refractivity (Wildman–Crippen MR) is 95.1 cm³/mol. The number of ether oxygens (including phenoxy) is 1. The van der Waals surface area contributed by atoms with E-state index in [1.54, 1.807) is 6.20 Å². The molecule has 5 heteroatoms. The largest absolute Gasteiger partial charge is 0.382 e. The zero-order valence-corrected chi connectivity index (χ0v) is 14.4. The molecule has 0 saturated carbocycles. The van der Waals surface area contributed by atoms with Crippen LogP contribution >= 0.6 is 0 Å². The Balaban J connectivity index is 2.13. The third kappa shape index (κ3) is 4.40. The van der Waals surface area contributed by atoms with Crippen LogP contribution in [0.1, 0.15) is 64.2 Å². The lowest BCUT2D eigenvalue weighted by Crippen LogP contribution is -2.28. The van der Waals surface area contributed by atoms with E-state index in [1.807, 2.05) is 0 Å². The third-order valence-corrected chi connectivity index (χ3v) is 4.33. The molecule has 1 aromatic rings. The molecule has 0 aliphatic carbocycles. The van der Waals surface area contributed by atoms with Crippen molar-refractivity contribution < 1.29 is 4.74 Å². The van der Waals surface area contributed by atoms with Gasteiger partial charge in [0.15, 0.2) is 0 Å². The molecule has 1 unspecified atom stereocenters. The van der Waals surface area contributed by atoms with Crippen LogP contribution in [0.5, 0.6) is 0 Å². The summed E-state index contributed by atoms with van der Waals surface area (Å²) in [5.74, 6) is 9.28. The minimum absolute atomic E-state index is 0.171. The zero-order valence-electron chi connectivity index (χ0n) is 14.4. The molecular formula is C19H25N3O2. The summed E-state index contributed by atoms with van der Waals surface area (Å²) in [6, 6.07) is 0. The molecule has 2 heterocycles. The molecule has 24 heavy (non-hydrogen) atoms. The van der Waals surface area contributed by atoms with E-state index in [0.717, 1.165) is 38.5 Å². The van der Waals surface area contributed by atoms with E-state index in [4.69, 9.17) is 16.9 Å². The molecule has 5 nitrogen and oxygen atoms in total. The van der Waals surface area contributed by atoms with Crippen LogP contribution in [0, 0.1) is 30.1 Å². The number of aromatic nitrogens is 2. The summed E-state index contributed by atoms with van der Waals surface area (Å²) < 4.78 is 7.49. The topological polar surface area (TPSA) is 70.1 Å². The van der Waals surface area contributed by atoms with Crippen molar-refractivity contribution in [1.29, 1.82) is 0 Å². The third-order valence-electron chi connectivity index (χ3n) is 4.33. The fourth-order valence-electron chi connectivity index (χ4n) is 2.92. The van der Waals surface area contributed by atoms with E-state index in [1.165, 1.54) is 4.57 Å². The number of nitrogens with zero attached hydrogens (tertiary/aromatic N) is 2. The van der Waals surface area contributed by atoms with Crippen molar-refractivity contribution in [1.82, 2.24) is 9.55 Å². The van der Waals surface area contributed by atoms with Crippen LogP contribution in [0.15, 0.2) is 11.0 Å². The first-order valence-electron chi connectivity index (χ1n) is 8.53. The highest BCUT2D eigenvalue weighted by atomic mass is 16.5. The maximum absolute atomic E-state index is 12.2. The number of anilines is 1. The summed E-state index contributed by atoms with van der Waals surface area (Å²) in [7, 11) is 0. The lowest BCUT2D eigenvalue weighted by molar-refractivity contribution is -0.00751. The second-order valence-electron chi connectivity index (χ2n) is 6.19. The Kier molecular flexibility index (Phi) is 6.46. The van der Waals surface area contributed by atoms with Gasteiger partial charge in [-0.3, -0.25) is 4.57 Å². The SMILES string of the molecule is C#CCCCCC#Cc1cn([C@H]2CC(C)[C@@H](CC)O2)c(=O)nc1N. The number of terminal acetylenes is 1. The first-order chi connectivity index (χ1) is 11.6. The van der Waals surface area contributed by atoms with Crippen LogP contribution in [0.25, 0.3) is 0 Å². The van der Waals surface area contributed by atoms with Gasteiger partial charge in [0.25, 0.3) is 0 Å². The molecule has 2 N–H and O–H groups in total. The van der Waals surface area contributed by atoms with Gasteiger partial charge in [0, 0.05) is 19.0 Å². The maximum atomic E-state index is 12.2. The van der Waals surface area contributed by atoms with Gasteiger partial charge in [0.2, 0.25) is 0 Å². The number of hydrogen-bond donors (Lipinski definition) is 1. The molecule has 0 radical (unpaired) electrons. The van der Waals surface area contributed by atoms with Crippen molar-refractivity contribution >= 4 is 5.82 Å². The van der Waals surface area contributed by atoms with Crippen LogP contribution in [0.4, 0.5) is 5.82 Å². The van der Waals surface area contributed by atoms with Crippen molar-refractivity contribution in [3.8, 4) is 24.2 Å². The van der Waals surface area contributed by atoms with Gasteiger partial charge in [-0.1, -0.05) is 25.7 Å². The van der Waals surface area contributed by atoms with E-state index in [0.29, 0.717) is 11.5 Å². The number of hydrogen-bond acceptors (Lipinski definition) is 4. The number of unbranched alkanes of at least 4 members (excludes halogenated alkanes) is 3. The summed E-state index contributed by atoms with van der Waals surface area (Å²) in [5, 5.41) is 0. The van der Waals surface area contributed by atoms with E-state index in [2.05, 4.69) is 36.6 Å². The Labute approximate surface area is 143 Å². The molecule has 2 rings (SSSR count). The molecule has 0 bridgehead atoms.